The minimum absolute atomic E-state index is 0.585. The van der Waals surface area contributed by atoms with Gasteiger partial charge in [-0.3, -0.25) is 0 Å². The average molecular weight is 274 g/mol. The fraction of sp³-hybridized carbons (Fsp3) is 0.750. The van der Waals surface area contributed by atoms with Gasteiger partial charge in [0.05, 0.1) is 0 Å². The maximum absolute atomic E-state index is 4.73. The Labute approximate surface area is 121 Å². The summed E-state index contributed by atoms with van der Waals surface area (Å²) in [5, 5.41) is 6.81. The molecule has 1 aromatic heterocycles. The zero-order valence-electron chi connectivity index (χ0n) is 12.5. The van der Waals surface area contributed by atoms with E-state index in [0.717, 1.165) is 17.5 Å². The Kier molecular flexibility index (Phi) is 4.38. The molecule has 20 heavy (non-hydrogen) atoms. The van der Waals surface area contributed by atoms with E-state index in [0.29, 0.717) is 12.0 Å². The molecule has 0 unspecified atom stereocenters. The van der Waals surface area contributed by atoms with Crippen molar-refractivity contribution in [2.24, 2.45) is 0 Å². The van der Waals surface area contributed by atoms with E-state index in [-0.39, 0.29) is 0 Å². The molecule has 2 fully saturated rings. The predicted molar refractivity (Wildman–Crippen MR) is 83.3 cm³/mol. The molecule has 2 N–H and O–H groups in total. The molecular formula is C16H26N4. The van der Waals surface area contributed by atoms with Gasteiger partial charge in [-0.15, -0.1) is 0 Å². The van der Waals surface area contributed by atoms with Crippen LogP contribution in [0.3, 0.4) is 0 Å². The maximum Gasteiger partial charge on any atom is 0.136 e. The van der Waals surface area contributed by atoms with Crippen LogP contribution in [0.1, 0.15) is 69.5 Å². The molecule has 0 amide bonds. The molecule has 4 heteroatoms. The highest BCUT2D eigenvalue weighted by atomic mass is 15.1. The molecule has 2 aliphatic carbocycles. The highest BCUT2D eigenvalue weighted by Crippen LogP contribution is 2.39. The summed E-state index contributed by atoms with van der Waals surface area (Å²) >= 11 is 0. The molecular weight excluding hydrogens is 248 g/mol. The van der Waals surface area contributed by atoms with Crippen molar-refractivity contribution < 1.29 is 0 Å². The summed E-state index contributed by atoms with van der Waals surface area (Å²) < 4.78 is 0. The van der Waals surface area contributed by atoms with E-state index in [1.807, 2.05) is 13.1 Å². The van der Waals surface area contributed by atoms with Crippen molar-refractivity contribution in [3.63, 3.8) is 0 Å². The van der Waals surface area contributed by atoms with Gasteiger partial charge in [-0.2, -0.15) is 0 Å². The number of hydrogen-bond acceptors (Lipinski definition) is 4. The summed E-state index contributed by atoms with van der Waals surface area (Å²) in [5.41, 5.74) is 0. The molecule has 0 aliphatic heterocycles. The van der Waals surface area contributed by atoms with E-state index in [9.17, 15) is 0 Å². The molecule has 0 aromatic carbocycles. The van der Waals surface area contributed by atoms with Crippen LogP contribution < -0.4 is 10.6 Å². The zero-order valence-corrected chi connectivity index (χ0v) is 12.5. The van der Waals surface area contributed by atoms with E-state index in [4.69, 9.17) is 4.98 Å². The first kappa shape index (κ1) is 13.7. The number of nitrogens with one attached hydrogen (secondary N) is 2. The topological polar surface area (TPSA) is 49.8 Å². The largest absolute Gasteiger partial charge is 0.373 e. The van der Waals surface area contributed by atoms with Crippen molar-refractivity contribution >= 4 is 11.6 Å². The Bertz CT molecular complexity index is 434. The van der Waals surface area contributed by atoms with E-state index < -0.39 is 0 Å². The fourth-order valence-electron chi connectivity index (χ4n) is 3.00. The Morgan fingerprint density at radius 3 is 2.20 bits per heavy atom. The summed E-state index contributed by atoms with van der Waals surface area (Å²) in [5.74, 6) is 3.57. The predicted octanol–water partition coefficient (Wildman–Crippen LogP) is 3.92. The fourth-order valence-corrected chi connectivity index (χ4v) is 3.00. The Morgan fingerprint density at radius 1 is 0.900 bits per heavy atom. The van der Waals surface area contributed by atoms with Crippen molar-refractivity contribution in [2.45, 2.75) is 69.7 Å². The maximum atomic E-state index is 4.73. The van der Waals surface area contributed by atoms with Crippen molar-refractivity contribution in [1.29, 1.82) is 0 Å². The molecule has 0 bridgehead atoms. The molecule has 0 spiro atoms. The zero-order chi connectivity index (χ0) is 13.8. The number of nitrogens with zero attached hydrogens (tertiary/aromatic N) is 2. The molecule has 2 saturated carbocycles. The van der Waals surface area contributed by atoms with Gasteiger partial charge in [-0.25, -0.2) is 9.97 Å². The molecule has 4 nitrogen and oxygen atoms in total. The van der Waals surface area contributed by atoms with Gasteiger partial charge in [0.1, 0.15) is 17.5 Å². The summed E-state index contributed by atoms with van der Waals surface area (Å²) in [6.45, 7) is 0. The molecule has 1 aromatic rings. The molecule has 3 rings (SSSR count). The summed E-state index contributed by atoms with van der Waals surface area (Å²) in [7, 11) is 1.93. The van der Waals surface area contributed by atoms with Crippen molar-refractivity contribution in [1.82, 2.24) is 9.97 Å². The Morgan fingerprint density at radius 2 is 1.55 bits per heavy atom. The van der Waals surface area contributed by atoms with Gasteiger partial charge in [0.2, 0.25) is 0 Å². The lowest BCUT2D eigenvalue weighted by Gasteiger charge is -2.22. The first-order chi connectivity index (χ1) is 9.85. The van der Waals surface area contributed by atoms with Crippen molar-refractivity contribution in [3.05, 3.63) is 11.9 Å². The lowest BCUT2D eigenvalue weighted by molar-refractivity contribution is 0.470. The Hall–Kier alpha value is -1.32. The molecule has 0 saturated heterocycles. The lowest BCUT2D eigenvalue weighted by Crippen LogP contribution is -2.21. The van der Waals surface area contributed by atoms with Gasteiger partial charge in [0, 0.05) is 25.1 Å². The molecule has 1 heterocycles. The molecule has 0 radical (unpaired) electrons. The standard InChI is InChI=1S/C16H26N4/c1-17-14-11-15(20-16(19-14)12-9-10-12)18-13-7-5-3-2-4-6-8-13/h11-13H,2-10H2,1H3,(H2,17,18,19,20). The van der Waals surface area contributed by atoms with Gasteiger partial charge in [0.15, 0.2) is 0 Å². The monoisotopic (exact) mass is 274 g/mol. The second-order valence-electron chi connectivity index (χ2n) is 6.21. The molecule has 110 valence electrons. The first-order valence-corrected chi connectivity index (χ1v) is 8.18. The van der Waals surface area contributed by atoms with Crippen LogP contribution >= 0.6 is 0 Å². The van der Waals surface area contributed by atoms with Crippen LogP contribution in [0.15, 0.2) is 6.07 Å². The summed E-state index contributed by atoms with van der Waals surface area (Å²) in [4.78, 5) is 9.31. The minimum atomic E-state index is 0.585. The van der Waals surface area contributed by atoms with Crippen molar-refractivity contribution in [2.75, 3.05) is 17.7 Å². The van der Waals surface area contributed by atoms with E-state index in [2.05, 4.69) is 15.6 Å². The minimum Gasteiger partial charge on any atom is -0.373 e. The lowest BCUT2D eigenvalue weighted by atomic mass is 9.97. The van der Waals surface area contributed by atoms with Crippen LogP contribution in [-0.2, 0) is 0 Å². The molecule has 2 aliphatic rings. The number of rotatable bonds is 4. The van der Waals surface area contributed by atoms with E-state index in [1.165, 1.54) is 57.8 Å². The van der Waals surface area contributed by atoms with Crippen LogP contribution in [0.5, 0.6) is 0 Å². The summed E-state index contributed by atoms with van der Waals surface area (Å²) in [6.07, 6.45) is 11.9. The van der Waals surface area contributed by atoms with Gasteiger partial charge in [-0.05, 0) is 25.7 Å². The van der Waals surface area contributed by atoms with Gasteiger partial charge in [-0.1, -0.05) is 32.1 Å². The second-order valence-corrected chi connectivity index (χ2v) is 6.21. The van der Waals surface area contributed by atoms with Crippen LogP contribution in [0.25, 0.3) is 0 Å². The SMILES string of the molecule is CNc1cc(NC2CCCCCCC2)nc(C2CC2)n1. The van der Waals surface area contributed by atoms with Gasteiger partial charge >= 0.3 is 0 Å². The summed E-state index contributed by atoms with van der Waals surface area (Å²) in [6, 6.07) is 2.63. The van der Waals surface area contributed by atoms with Crippen LogP contribution in [0, 0.1) is 0 Å². The smallest absolute Gasteiger partial charge is 0.136 e. The molecule has 0 atom stereocenters. The van der Waals surface area contributed by atoms with Crippen molar-refractivity contribution in [3.8, 4) is 0 Å². The third kappa shape index (κ3) is 3.62. The number of anilines is 2. The van der Waals surface area contributed by atoms with Crippen LogP contribution in [0.2, 0.25) is 0 Å². The van der Waals surface area contributed by atoms with Crippen LogP contribution in [-0.4, -0.2) is 23.1 Å². The van der Waals surface area contributed by atoms with Gasteiger partial charge < -0.3 is 10.6 Å². The normalized spacial score (nSPS) is 21.1. The van der Waals surface area contributed by atoms with Gasteiger partial charge in [0.25, 0.3) is 0 Å². The number of aromatic nitrogens is 2. The second kappa shape index (κ2) is 6.42. The third-order valence-corrected chi connectivity index (χ3v) is 4.40. The quantitative estimate of drug-likeness (QED) is 0.873. The van der Waals surface area contributed by atoms with E-state index in [1.54, 1.807) is 0 Å². The number of hydrogen-bond donors (Lipinski definition) is 2. The first-order valence-electron chi connectivity index (χ1n) is 8.18. The highest BCUT2D eigenvalue weighted by Gasteiger charge is 2.27. The Balaban J connectivity index is 1.69. The van der Waals surface area contributed by atoms with E-state index >= 15 is 0 Å². The highest BCUT2D eigenvalue weighted by molar-refractivity contribution is 5.48. The average Bonchev–Trinajstić information content (AvgIpc) is 3.26. The van der Waals surface area contributed by atoms with Crippen LogP contribution in [0.4, 0.5) is 11.6 Å². The third-order valence-electron chi connectivity index (χ3n) is 4.40.